The van der Waals surface area contributed by atoms with Gasteiger partial charge in [-0.1, -0.05) is 23.7 Å². The first-order chi connectivity index (χ1) is 9.69. The maximum absolute atomic E-state index is 13.2. The van der Waals surface area contributed by atoms with Crippen molar-refractivity contribution in [1.82, 2.24) is 0 Å². The first-order valence-corrected chi connectivity index (χ1v) is 6.56. The number of nitrogens with two attached hydrogens (primary N) is 1. The maximum Gasteiger partial charge on any atom is 0.145 e. The second kappa shape index (κ2) is 7.12. The Kier molecular flexibility index (Phi) is 5.21. The van der Waals surface area contributed by atoms with Crippen molar-refractivity contribution in [2.75, 3.05) is 13.2 Å². The molecule has 5 heteroatoms. The van der Waals surface area contributed by atoms with Gasteiger partial charge in [-0.05, 0) is 29.8 Å². The summed E-state index contributed by atoms with van der Waals surface area (Å²) in [6, 6.07) is 11.8. The van der Waals surface area contributed by atoms with Crippen LogP contribution in [0, 0.1) is 5.82 Å². The number of halogens is 2. The zero-order valence-corrected chi connectivity index (χ0v) is 11.6. The lowest BCUT2D eigenvalue weighted by Crippen LogP contribution is -2.09. The lowest BCUT2D eigenvalue weighted by molar-refractivity contribution is 0.216. The Morgan fingerprint density at radius 2 is 1.55 bits per heavy atom. The molecular weight excluding hydrogens is 281 g/mol. The topological polar surface area (TPSA) is 44.5 Å². The van der Waals surface area contributed by atoms with Crippen molar-refractivity contribution in [1.29, 1.82) is 0 Å². The molecule has 0 radical (unpaired) electrons. The van der Waals surface area contributed by atoms with E-state index in [-0.39, 0.29) is 5.02 Å². The zero-order chi connectivity index (χ0) is 14.4. The molecule has 0 bridgehead atoms. The molecule has 2 aromatic carbocycles. The highest BCUT2D eigenvalue weighted by Gasteiger charge is 2.02. The molecule has 0 aliphatic carbocycles. The molecule has 106 valence electrons. The summed E-state index contributed by atoms with van der Waals surface area (Å²) in [5.41, 5.74) is 6.55. The SMILES string of the molecule is NCc1ccc(OCCOc2ccc(Cl)c(F)c2)cc1. The molecule has 0 fully saturated rings. The van der Waals surface area contributed by atoms with Crippen molar-refractivity contribution in [2.45, 2.75) is 6.54 Å². The van der Waals surface area contributed by atoms with Gasteiger partial charge in [0.1, 0.15) is 30.5 Å². The van der Waals surface area contributed by atoms with Crippen LogP contribution in [0.25, 0.3) is 0 Å². The summed E-state index contributed by atoms with van der Waals surface area (Å²) in [5, 5.41) is 0.0774. The molecule has 0 saturated heterocycles. The van der Waals surface area contributed by atoms with Gasteiger partial charge in [0, 0.05) is 12.6 Å². The molecule has 0 aromatic heterocycles. The van der Waals surface area contributed by atoms with Gasteiger partial charge in [-0.2, -0.15) is 0 Å². The van der Waals surface area contributed by atoms with Crippen molar-refractivity contribution in [2.24, 2.45) is 5.73 Å². The molecule has 0 heterocycles. The van der Waals surface area contributed by atoms with E-state index in [9.17, 15) is 4.39 Å². The molecule has 0 amide bonds. The van der Waals surface area contributed by atoms with Crippen LogP contribution in [-0.2, 0) is 6.54 Å². The van der Waals surface area contributed by atoms with E-state index in [0.29, 0.717) is 25.5 Å². The van der Waals surface area contributed by atoms with Gasteiger partial charge in [-0.15, -0.1) is 0 Å². The fraction of sp³-hybridized carbons (Fsp3) is 0.200. The average molecular weight is 296 g/mol. The van der Waals surface area contributed by atoms with E-state index < -0.39 is 5.82 Å². The van der Waals surface area contributed by atoms with Crippen LogP contribution in [0.3, 0.4) is 0 Å². The zero-order valence-electron chi connectivity index (χ0n) is 10.8. The van der Waals surface area contributed by atoms with Crippen molar-refractivity contribution in [3.05, 3.63) is 58.9 Å². The number of benzene rings is 2. The quantitative estimate of drug-likeness (QED) is 0.831. The molecule has 2 N–H and O–H groups in total. The van der Waals surface area contributed by atoms with Gasteiger partial charge >= 0.3 is 0 Å². The third-order valence-electron chi connectivity index (χ3n) is 2.67. The molecule has 20 heavy (non-hydrogen) atoms. The Hall–Kier alpha value is -1.78. The lowest BCUT2D eigenvalue weighted by Gasteiger charge is -2.09. The second-order valence-corrected chi connectivity index (χ2v) is 4.53. The maximum atomic E-state index is 13.2. The van der Waals surface area contributed by atoms with Crippen LogP contribution in [0.2, 0.25) is 5.02 Å². The van der Waals surface area contributed by atoms with Crippen molar-refractivity contribution < 1.29 is 13.9 Å². The third-order valence-corrected chi connectivity index (χ3v) is 2.98. The average Bonchev–Trinajstić information content (AvgIpc) is 2.48. The Morgan fingerprint density at radius 1 is 0.950 bits per heavy atom. The fourth-order valence-electron chi connectivity index (χ4n) is 1.61. The van der Waals surface area contributed by atoms with E-state index in [4.69, 9.17) is 26.8 Å². The van der Waals surface area contributed by atoms with Crippen LogP contribution in [0.15, 0.2) is 42.5 Å². The number of hydrogen-bond donors (Lipinski definition) is 1. The highest BCUT2D eigenvalue weighted by Crippen LogP contribution is 2.20. The normalized spacial score (nSPS) is 10.3. The molecule has 0 unspecified atom stereocenters. The van der Waals surface area contributed by atoms with Crippen molar-refractivity contribution in [3.8, 4) is 11.5 Å². The number of rotatable bonds is 6. The minimum atomic E-state index is -0.498. The van der Waals surface area contributed by atoms with Gasteiger partial charge in [0.15, 0.2) is 0 Å². The van der Waals surface area contributed by atoms with E-state index >= 15 is 0 Å². The molecule has 0 aliphatic heterocycles. The molecule has 2 aromatic rings. The van der Waals surface area contributed by atoms with Crippen LogP contribution < -0.4 is 15.2 Å². The third kappa shape index (κ3) is 4.11. The lowest BCUT2D eigenvalue weighted by atomic mass is 10.2. The predicted octanol–water partition coefficient (Wildman–Crippen LogP) is 3.40. The van der Waals surface area contributed by atoms with Gasteiger partial charge in [-0.25, -0.2) is 4.39 Å². The number of hydrogen-bond acceptors (Lipinski definition) is 3. The van der Waals surface area contributed by atoms with Gasteiger partial charge in [0.05, 0.1) is 5.02 Å². The minimum Gasteiger partial charge on any atom is -0.490 e. The molecule has 0 atom stereocenters. The highest BCUT2D eigenvalue weighted by atomic mass is 35.5. The van der Waals surface area contributed by atoms with Gasteiger partial charge < -0.3 is 15.2 Å². The number of ether oxygens (including phenoxy) is 2. The van der Waals surface area contributed by atoms with Gasteiger partial charge in [-0.3, -0.25) is 0 Å². The summed E-state index contributed by atoms with van der Waals surface area (Å²) in [6.07, 6.45) is 0. The van der Waals surface area contributed by atoms with Gasteiger partial charge in [0.25, 0.3) is 0 Å². The first kappa shape index (κ1) is 14.6. The van der Waals surface area contributed by atoms with Crippen LogP contribution >= 0.6 is 11.6 Å². The van der Waals surface area contributed by atoms with Crippen LogP contribution in [0.5, 0.6) is 11.5 Å². The van der Waals surface area contributed by atoms with E-state index in [1.165, 1.54) is 12.1 Å². The Balaban J connectivity index is 1.76. The first-order valence-electron chi connectivity index (χ1n) is 6.18. The van der Waals surface area contributed by atoms with Crippen molar-refractivity contribution in [3.63, 3.8) is 0 Å². The van der Waals surface area contributed by atoms with Crippen molar-refractivity contribution >= 4 is 11.6 Å². The van der Waals surface area contributed by atoms with Gasteiger partial charge in [0.2, 0.25) is 0 Å². The summed E-state index contributed by atoms with van der Waals surface area (Å²) in [7, 11) is 0. The van der Waals surface area contributed by atoms with E-state index in [2.05, 4.69) is 0 Å². The standard InChI is InChI=1S/C15H15ClFNO2/c16-14-6-5-13(9-15(14)17)20-8-7-19-12-3-1-11(10-18)2-4-12/h1-6,9H,7-8,10,18H2. The molecule has 3 nitrogen and oxygen atoms in total. The molecule has 0 saturated carbocycles. The molecule has 2 rings (SSSR count). The summed E-state index contributed by atoms with van der Waals surface area (Å²) < 4.78 is 24.0. The second-order valence-electron chi connectivity index (χ2n) is 4.12. The highest BCUT2D eigenvalue weighted by molar-refractivity contribution is 6.30. The van der Waals surface area contributed by atoms with Crippen LogP contribution in [-0.4, -0.2) is 13.2 Å². The Labute approximate surface area is 122 Å². The Bertz CT molecular complexity index is 560. The summed E-state index contributed by atoms with van der Waals surface area (Å²) in [5.74, 6) is 0.671. The predicted molar refractivity (Wildman–Crippen MR) is 76.7 cm³/mol. The molecule has 0 aliphatic rings. The van der Waals surface area contributed by atoms with E-state index in [0.717, 1.165) is 11.3 Å². The summed E-state index contributed by atoms with van der Waals surface area (Å²) in [4.78, 5) is 0. The van der Waals surface area contributed by atoms with Crippen LogP contribution in [0.4, 0.5) is 4.39 Å². The summed E-state index contributed by atoms with van der Waals surface area (Å²) >= 11 is 5.58. The van der Waals surface area contributed by atoms with E-state index in [1.807, 2.05) is 24.3 Å². The minimum absolute atomic E-state index is 0.0774. The summed E-state index contributed by atoms with van der Waals surface area (Å²) in [6.45, 7) is 1.19. The smallest absolute Gasteiger partial charge is 0.145 e. The monoisotopic (exact) mass is 295 g/mol. The molecule has 0 spiro atoms. The fourth-order valence-corrected chi connectivity index (χ4v) is 1.72. The largest absolute Gasteiger partial charge is 0.490 e. The van der Waals surface area contributed by atoms with E-state index in [1.54, 1.807) is 6.07 Å². The van der Waals surface area contributed by atoms with Crippen LogP contribution in [0.1, 0.15) is 5.56 Å². The molecular formula is C15H15ClFNO2. The Morgan fingerprint density at radius 3 is 2.15 bits per heavy atom.